The predicted octanol–water partition coefficient (Wildman–Crippen LogP) is 2.21. The van der Waals surface area contributed by atoms with Gasteiger partial charge in [0.15, 0.2) is 0 Å². The maximum absolute atomic E-state index is 12.8. The van der Waals surface area contributed by atoms with Gasteiger partial charge >= 0.3 is 6.18 Å². The molecule has 10 heteroatoms. The number of alkyl halides is 3. The molecule has 0 aliphatic carbocycles. The number of nitrogens with zero attached hydrogens (tertiary/aromatic N) is 5. The van der Waals surface area contributed by atoms with Gasteiger partial charge in [-0.3, -0.25) is 0 Å². The number of aromatic nitrogens is 5. The second kappa shape index (κ2) is 5.65. The average molecular weight is 304 g/mol. The number of pyridine rings is 1. The second-order valence-corrected chi connectivity index (χ2v) is 4.78. The molecule has 0 bridgehead atoms. The van der Waals surface area contributed by atoms with Crippen molar-refractivity contribution in [3.05, 3.63) is 17.7 Å². The van der Waals surface area contributed by atoms with Crippen LogP contribution in [-0.2, 0) is 13.2 Å². The summed E-state index contributed by atoms with van der Waals surface area (Å²) >= 11 is 0.967. The topological polar surface area (TPSA) is 68.5 Å². The number of anilines is 1. The van der Waals surface area contributed by atoms with E-state index in [1.165, 1.54) is 4.68 Å². The van der Waals surface area contributed by atoms with Crippen molar-refractivity contribution in [3.8, 4) is 0 Å². The Morgan fingerprint density at radius 2 is 2.10 bits per heavy atom. The number of halogens is 3. The molecule has 0 spiro atoms. The molecule has 0 radical (unpaired) electrons. The third kappa shape index (κ3) is 3.38. The molecule has 0 fully saturated rings. The van der Waals surface area contributed by atoms with Crippen molar-refractivity contribution >= 4 is 17.6 Å². The van der Waals surface area contributed by atoms with E-state index in [1.807, 2.05) is 0 Å². The molecule has 2 rings (SSSR count). The Kier molecular flexibility index (Phi) is 4.12. The molecule has 0 atom stereocenters. The zero-order chi connectivity index (χ0) is 14.8. The molecule has 0 saturated heterocycles. The van der Waals surface area contributed by atoms with Gasteiger partial charge in [-0.2, -0.15) is 13.2 Å². The summed E-state index contributed by atoms with van der Waals surface area (Å²) in [6, 6.07) is 1.95. The van der Waals surface area contributed by atoms with Crippen LogP contribution in [0, 0.1) is 0 Å². The number of tetrazole rings is 1. The molecule has 2 aromatic rings. The van der Waals surface area contributed by atoms with Crippen molar-refractivity contribution < 1.29 is 13.2 Å². The van der Waals surface area contributed by atoms with Gasteiger partial charge in [-0.1, -0.05) is 0 Å². The SMILES string of the molecule is CCNc1cc(C(F)(F)F)cc(Sc2nnnn2C)n1. The highest BCUT2D eigenvalue weighted by Gasteiger charge is 2.31. The maximum Gasteiger partial charge on any atom is 0.416 e. The average Bonchev–Trinajstić information content (AvgIpc) is 2.74. The normalized spacial score (nSPS) is 11.7. The lowest BCUT2D eigenvalue weighted by Crippen LogP contribution is -2.08. The number of rotatable bonds is 4. The highest BCUT2D eigenvalue weighted by molar-refractivity contribution is 7.99. The summed E-state index contributed by atoms with van der Waals surface area (Å²) in [5, 5.41) is 14.0. The first-order valence-corrected chi connectivity index (χ1v) is 6.45. The quantitative estimate of drug-likeness (QED) is 0.934. The second-order valence-electron chi connectivity index (χ2n) is 3.79. The van der Waals surface area contributed by atoms with Crippen LogP contribution in [0.5, 0.6) is 0 Å². The van der Waals surface area contributed by atoms with E-state index < -0.39 is 11.7 Å². The first kappa shape index (κ1) is 14.6. The van der Waals surface area contributed by atoms with Crippen LogP contribution >= 0.6 is 11.8 Å². The van der Waals surface area contributed by atoms with Crippen molar-refractivity contribution in [1.29, 1.82) is 0 Å². The molecule has 108 valence electrons. The smallest absolute Gasteiger partial charge is 0.370 e. The minimum Gasteiger partial charge on any atom is -0.370 e. The van der Waals surface area contributed by atoms with E-state index in [-0.39, 0.29) is 10.8 Å². The Balaban J connectivity index is 2.36. The van der Waals surface area contributed by atoms with Crippen LogP contribution in [0.25, 0.3) is 0 Å². The van der Waals surface area contributed by atoms with Crippen molar-refractivity contribution in [3.63, 3.8) is 0 Å². The molecule has 0 aliphatic heterocycles. The number of hydrogen-bond donors (Lipinski definition) is 1. The standard InChI is InChI=1S/C10H11F3N6S/c1-3-14-7-4-6(10(11,12)13)5-8(15-7)20-9-16-17-18-19(9)2/h4-5H,3H2,1-2H3,(H,14,15). The highest BCUT2D eigenvalue weighted by atomic mass is 32.2. The van der Waals surface area contributed by atoms with Crippen LogP contribution in [-0.4, -0.2) is 31.7 Å². The van der Waals surface area contributed by atoms with Gasteiger partial charge in [-0.25, -0.2) is 9.67 Å². The van der Waals surface area contributed by atoms with Gasteiger partial charge < -0.3 is 5.32 Å². The van der Waals surface area contributed by atoms with Gasteiger partial charge in [-0.15, -0.1) is 5.10 Å². The van der Waals surface area contributed by atoms with Crippen LogP contribution in [0.1, 0.15) is 12.5 Å². The minimum atomic E-state index is -4.43. The van der Waals surface area contributed by atoms with E-state index in [9.17, 15) is 13.2 Å². The van der Waals surface area contributed by atoms with Gasteiger partial charge in [0.1, 0.15) is 10.8 Å². The fourth-order valence-corrected chi connectivity index (χ4v) is 2.16. The van der Waals surface area contributed by atoms with Crippen molar-refractivity contribution in [2.45, 2.75) is 23.3 Å². The summed E-state index contributed by atoms with van der Waals surface area (Å²) in [5.74, 6) is 0.167. The minimum absolute atomic E-state index is 0.167. The first-order valence-electron chi connectivity index (χ1n) is 5.63. The van der Waals surface area contributed by atoms with E-state index in [2.05, 4.69) is 25.8 Å². The van der Waals surface area contributed by atoms with Gasteiger partial charge in [0.25, 0.3) is 0 Å². The Hall–Kier alpha value is -1.84. The zero-order valence-corrected chi connectivity index (χ0v) is 11.5. The van der Waals surface area contributed by atoms with E-state index >= 15 is 0 Å². The van der Waals surface area contributed by atoms with Crippen LogP contribution in [0.4, 0.5) is 19.0 Å². The van der Waals surface area contributed by atoms with Crippen molar-refractivity contribution in [2.75, 3.05) is 11.9 Å². The highest BCUT2D eigenvalue weighted by Crippen LogP contribution is 2.34. The molecule has 0 amide bonds. The van der Waals surface area contributed by atoms with Crippen LogP contribution in [0.3, 0.4) is 0 Å². The fourth-order valence-electron chi connectivity index (χ4n) is 1.39. The molecule has 2 heterocycles. The van der Waals surface area contributed by atoms with E-state index in [0.717, 1.165) is 23.9 Å². The molecule has 2 aromatic heterocycles. The Morgan fingerprint density at radius 3 is 2.65 bits per heavy atom. The van der Waals surface area contributed by atoms with Crippen LogP contribution in [0.15, 0.2) is 22.3 Å². The number of aryl methyl sites for hydroxylation is 1. The summed E-state index contributed by atoms with van der Waals surface area (Å²) in [5.41, 5.74) is -0.763. The Morgan fingerprint density at radius 1 is 1.35 bits per heavy atom. The van der Waals surface area contributed by atoms with Gasteiger partial charge in [0.2, 0.25) is 5.16 Å². The van der Waals surface area contributed by atoms with Gasteiger partial charge in [0.05, 0.1) is 5.56 Å². The molecule has 6 nitrogen and oxygen atoms in total. The zero-order valence-electron chi connectivity index (χ0n) is 10.6. The fraction of sp³-hybridized carbons (Fsp3) is 0.400. The van der Waals surface area contributed by atoms with Crippen molar-refractivity contribution in [2.24, 2.45) is 7.05 Å². The third-order valence-electron chi connectivity index (χ3n) is 2.26. The number of nitrogens with one attached hydrogen (secondary N) is 1. The molecule has 0 aliphatic rings. The lowest BCUT2D eigenvalue weighted by Gasteiger charge is -2.11. The molecular formula is C10H11F3N6S. The summed E-state index contributed by atoms with van der Waals surface area (Å²) in [6.45, 7) is 2.26. The van der Waals surface area contributed by atoms with E-state index in [4.69, 9.17) is 0 Å². The lowest BCUT2D eigenvalue weighted by atomic mass is 10.2. The third-order valence-corrected chi connectivity index (χ3v) is 3.21. The lowest BCUT2D eigenvalue weighted by molar-refractivity contribution is -0.137. The van der Waals surface area contributed by atoms with Crippen LogP contribution < -0.4 is 5.32 Å². The van der Waals surface area contributed by atoms with Gasteiger partial charge in [-0.05, 0) is 41.2 Å². The summed E-state index contributed by atoms with van der Waals surface area (Å²) < 4.78 is 39.9. The molecule has 1 N–H and O–H groups in total. The summed E-state index contributed by atoms with van der Waals surface area (Å²) in [6.07, 6.45) is -4.43. The maximum atomic E-state index is 12.8. The predicted molar refractivity (Wildman–Crippen MR) is 66.3 cm³/mol. The van der Waals surface area contributed by atoms with Crippen LogP contribution in [0.2, 0.25) is 0 Å². The summed E-state index contributed by atoms with van der Waals surface area (Å²) in [4.78, 5) is 4.10. The molecule has 0 unspecified atom stereocenters. The van der Waals surface area contributed by atoms with E-state index in [1.54, 1.807) is 14.0 Å². The van der Waals surface area contributed by atoms with Crippen molar-refractivity contribution in [1.82, 2.24) is 25.2 Å². The van der Waals surface area contributed by atoms with E-state index in [0.29, 0.717) is 11.7 Å². The largest absolute Gasteiger partial charge is 0.416 e. The Labute approximate surface area is 116 Å². The molecule has 0 aromatic carbocycles. The van der Waals surface area contributed by atoms with Gasteiger partial charge in [0, 0.05) is 13.6 Å². The molecule has 0 saturated carbocycles. The monoisotopic (exact) mass is 304 g/mol. The Bertz CT molecular complexity index is 597. The molecular weight excluding hydrogens is 293 g/mol. The molecule has 20 heavy (non-hydrogen) atoms. The first-order chi connectivity index (χ1) is 9.40. The summed E-state index contributed by atoms with van der Waals surface area (Å²) in [7, 11) is 1.60. The number of hydrogen-bond acceptors (Lipinski definition) is 6.